The van der Waals surface area contributed by atoms with E-state index in [1.807, 2.05) is 0 Å². The fraction of sp³-hybridized carbons (Fsp3) is 0. The molecule has 0 fully saturated rings. The quantitative estimate of drug-likeness (QED) is 0.508. The van der Waals surface area contributed by atoms with Gasteiger partial charge in [-0.3, -0.25) is 0 Å². The molecule has 0 aliphatic heterocycles. The van der Waals surface area contributed by atoms with E-state index in [4.69, 9.17) is 5.14 Å². The van der Waals surface area contributed by atoms with Crippen molar-refractivity contribution in [1.29, 1.82) is 0 Å². The molecule has 0 radical (unpaired) electrons. The van der Waals surface area contributed by atoms with E-state index in [1.165, 1.54) is 12.1 Å². The van der Waals surface area contributed by atoms with Crippen LogP contribution in [0.3, 0.4) is 0 Å². The zero-order valence-electron chi connectivity index (χ0n) is 6.11. The van der Waals surface area contributed by atoms with Crippen LogP contribution in [0.25, 0.3) is 5.14 Å². The summed E-state index contributed by atoms with van der Waals surface area (Å²) in [6.07, 6.45) is 0. The minimum atomic E-state index is -3.75. The van der Waals surface area contributed by atoms with Crippen molar-refractivity contribution in [2.45, 2.75) is 4.90 Å². The number of nitrogens with one attached hydrogen (secondary N) is 1. The molecule has 0 saturated heterocycles. The first-order valence-corrected chi connectivity index (χ1v) is 4.14. The Balaban J connectivity index is 0.000001000. The minimum Gasteiger partial charge on any atom is -0.560 e. The SMILES string of the molecule is [K+].[NH-]S(=O)(=O)c1ccccc1. The van der Waals surface area contributed by atoms with E-state index in [0.29, 0.717) is 0 Å². The maximum atomic E-state index is 10.5. The monoisotopic (exact) mass is 195 g/mol. The largest absolute Gasteiger partial charge is 1.00 e. The molecule has 0 aromatic heterocycles. The van der Waals surface area contributed by atoms with Gasteiger partial charge in [0.05, 0.1) is 10.0 Å². The van der Waals surface area contributed by atoms with Crippen LogP contribution < -0.4 is 51.4 Å². The average molecular weight is 195 g/mol. The van der Waals surface area contributed by atoms with Crippen molar-refractivity contribution < 1.29 is 59.8 Å². The fourth-order valence-corrected chi connectivity index (χ4v) is 1.12. The predicted molar refractivity (Wildman–Crippen MR) is 37.9 cm³/mol. The van der Waals surface area contributed by atoms with Crippen LogP contribution in [0, 0.1) is 0 Å². The summed E-state index contributed by atoms with van der Waals surface area (Å²) >= 11 is 0. The van der Waals surface area contributed by atoms with Gasteiger partial charge in [0.2, 0.25) is 0 Å². The summed E-state index contributed by atoms with van der Waals surface area (Å²) in [6, 6.07) is 7.65. The summed E-state index contributed by atoms with van der Waals surface area (Å²) < 4.78 is 21.0. The predicted octanol–water partition coefficient (Wildman–Crippen LogP) is -1.57. The van der Waals surface area contributed by atoms with E-state index in [0.717, 1.165) is 0 Å². The molecule has 11 heavy (non-hydrogen) atoms. The van der Waals surface area contributed by atoms with Crippen molar-refractivity contribution in [1.82, 2.24) is 0 Å². The summed E-state index contributed by atoms with van der Waals surface area (Å²) in [6.45, 7) is 0. The molecule has 1 aromatic carbocycles. The van der Waals surface area contributed by atoms with Gasteiger partial charge in [0, 0.05) is 4.90 Å². The van der Waals surface area contributed by atoms with Crippen molar-refractivity contribution >= 4 is 10.0 Å². The van der Waals surface area contributed by atoms with Crippen LogP contribution in [0.4, 0.5) is 0 Å². The van der Waals surface area contributed by atoms with Gasteiger partial charge < -0.3 is 5.14 Å². The first-order chi connectivity index (χ1) is 4.61. The van der Waals surface area contributed by atoms with E-state index in [2.05, 4.69) is 0 Å². The van der Waals surface area contributed by atoms with Gasteiger partial charge in [-0.25, -0.2) is 8.42 Å². The Morgan fingerprint density at radius 2 is 1.55 bits per heavy atom. The molecule has 1 N–H and O–H groups in total. The molecule has 0 amide bonds. The molecule has 1 rings (SSSR count). The summed E-state index contributed by atoms with van der Waals surface area (Å²) in [5.74, 6) is 0. The van der Waals surface area contributed by atoms with Crippen LogP contribution in [0.2, 0.25) is 0 Å². The summed E-state index contributed by atoms with van der Waals surface area (Å²) in [5, 5.41) is 6.65. The molecule has 0 aliphatic rings. The van der Waals surface area contributed by atoms with Gasteiger partial charge in [-0.1, -0.05) is 18.2 Å². The van der Waals surface area contributed by atoms with Crippen LogP contribution >= 0.6 is 0 Å². The Morgan fingerprint density at radius 3 is 1.82 bits per heavy atom. The molecular weight excluding hydrogens is 189 g/mol. The maximum Gasteiger partial charge on any atom is 1.00 e. The van der Waals surface area contributed by atoms with E-state index in [1.54, 1.807) is 18.2 Å². The van der Waals surface area contributed by atoms with Gasteiger partial charge in [-0.15, -0.1) is 0 Å². The molecule has 1 aromatic rings. The number of hydrogen-bond donors (Lipinski definition) is 0. The molecule has 0 saturated carbocycles. The Labute approximate surface area is 108 Å². The first-order valence-electron chi connectivity index (χ1n) is 2.65. The van der Waals surface area contributed by atoms with E-state index >= 15 is 0 Å². The number of benzene rings is 1. The third kappa shape index (κ3) is 3.79. The third-order valence-electron chi connectivity index (χ3n) is 1.05. The Bertz CT molecular complexity index is 309. The van der Waals surface area contributed by atoms with Crippen LogP contribution in [-0.2, 0) is 10.0 Å². The van der Waals surface area contributed by atoms with Gasteiger partial charge in [-0.05, 0) is 12.1 Å². The van der Waals surface area contributed by atoms with Crippen molar-refractivity contribution in [2.24, 2.45) is 0 Å². The Morgan fingerprint density at radius 1 is 1.09 bits per heavy atom. The molecule has 0 heterocycles. The summed E-state index contributed by atoms with van der Waals surface area (Å²) in [4.78, 5) is 0.0370. The zero-order chi connectivity index (χ0) is 7.61. The van der Waals surface area contributed by atoms with E-state index in [-0.39, 0.29) is 56.3 Å². The number of sulfonamides is 1. The molecule has 3 nitrogen and oxygen atoms in total. The molecule has 0 aliphatic carbocycles. The van der Waals surface area contributed by atoms with E-state index < -0.39 is 10.0 Å². The van der Waals surface area contributed by atoms with Crippen LogP contribution in [0.1, 0.15) is 0 Å². The average Bonchev–Trinajstić information content (AvgIpc) is 1.88. The second-order valence-corrected chi connectivity index (χ2v) is 3.29. The molecule has 0 unspecified atom stereocenters. The smallest absolute Gasteiger partial charge is 0.560 e. The van der Waals surface area contributed by atoms with Gasteiger partial charge in [0.25, 0.3) is 0 Å². The van der Waals surface area contributed by atoms with Crippen molar-refractivity contribution in [3.05, 3.63) is 35.5 Å². The van der Waals surface area contributed by atoms with Gasteiger partial charge in [0.15, 0.2) is 0 Å². The normalized spacial score (nSPS) is 10.3. The number of hydrogen-bond acceptors (Lipinski definition) is 2. The summed E-state index contributed by atoms with van der Waals surface area (Å²) in [5.41, 5.74) is 0. The third-order valence-corrected chi connectivity index (χ3v) is 1.95. The second kappa shape index (κ2) is 4.71. The van der Waals surface area contributed by atoms with Crippen LogP contribution in [0.5, 0.6) is 0 Å². The van der Waals surface area contributed by atoms with Crippen LogP contribution in [0.15, 0.2) is 35.2 Å². The van der Waals surface area contributed by atoms with Gasteiger partial charge >= 0.3 is 51.4 Å². The first kappa shape index (κ1) is 11.8. The molecular formula is C6H6KNO2S. The molecule has 5 heteroatoms. The molecule has 0 bridgehead atoms. The zero-order valence-corrected chi connectivity index (χ0v) is 10.1. The molecule has 0 spiro atoms. The standard InChI is InChI=1S/C6H6NO2S.K/c7-10(8,9)6-4-2-1-3-5-6;/h1-5H,(H-,7,8,9);/q-1;+1. The number of rotatable bonds is 1. The van der Waals surface area contributed by atoms with Crippen molar-refractivity contribution in [2.75, 3.05) is 0 Å². The topological polar surface area (TPSA) is 57.9 Å². The van der Waals surface area contributed by atoms with Crippen molar-refractivity contribution in [3.8, 4) is 0 Å². The Kier molecular flexibility index (Phi) is 5.04. The molecule has 0 atom stereocenters. The van der Waals surface area contributed by atoms with Crippen LogP contribution in [-0.4, -0.2) is 8.42 Å². The van der Waals surface area contributed by atoms with E-state index in [9.17, 15) is 8.42 Å². The Hall–Kier alpha value is 0.766. The maximum absolute atomic E-state index is 10.5. The fourth-order valence-electron chi connectivity index (χ4n) is 0.600. The van der Waals surface area contributed by atoms with Gasteiger partial charge in [-0.2, -0.15) is 0 Å². The second-order valence-electron chi connectivity index (χ2n) is 1.82. The molecule has 54 valence electrons. The van der Waals surface area contributed by atoms with Crippen molar-refractivity contribution in [3.63, 3.8) is 0 Å². The van der Waals surface area contributed by atoms with Gasteiger partial charge in [0.1, 0.15) is 0 Å². The minimum absolute atomic E-state index is 0. The summed E-state index contributed by atoms with van der Waals surface area (Å²) in [7, 11) is -3.75.